The van der Waals surface area contributed by atoms with E-state index in [2.05, 4.69) is 0 Å². The van der Waals surface area contributed by atoms with Crippen LogP contribution in [0, 0.1) is 15.5 Å². The third kappa shape index (κ3) is 6.76. The fraction of sp³-hybridized carbons (Fsp3) is 0.533. The molecule has 0 bridgehead atoms. The number of carbonyl (C=O) groups is 1. The molecule has 1 atom stereocenters. The highest BCUT2D eigenvalue weighted by atomic mass is 35.5. The van der Waals surface area contributed by atoms with Gasteiger partial charge in [-0.05, 0) is 31.0 Å². The molecule has 1 aromatic rings. The third-order valence-corrected chi connectivity index (χ3v) is 4.40. The molecule has 1 aromatic carbocycles. The summed E-state index contributed by atoms with van der Waals surface area (Å²) in [6.45, 7) is 6.97. The van der Waals surface area contributed by atoms with E-state index in [0.717, 1.165) is 4.90 Å². The number of carbonyl (C=O) groups excluding carboxylic acids is 1. The van der Waals surface area contributed by atoms with Gasteiger partial charge in [-0.25, -0.2) is 0 Å². The molecule has 0 aliphatic carbocycles. The maximum Gasteiger partial charge on any atom is 0.269 e. The van der Waals surface area contributed by atoms with Crippen molar-refractivity contribution in [2.75, 3.05) is 20.1 Å². The summed E-state index contributed by atoms with van der Waals surface area (Å²) in [4.78, 5) is 25.1. The van der Waals surface area contributed by atoms with E-state index in [0.29, 0.717) is 13.1 Å². The minimum absolute atomic E-state index is 0. The topological polar surface area (TPSA) is 89.5 Å². The molecule has 0 fully saturated rings. The summed E-state index contributed by atoms with van der Waals surface area (Å²) in [5.41, 5.74) is 5.62. The Balaban J connectivity index is 0.00000484. The number of nitrogens with two attached hydrogens (primary N) is 1. The number of nitrogens with zero attached hydrogens (tertiary/aromatic N) is 2. The normalized spacial score (nSPS) is 12.2. The maximum atomic E-state index is 12.4. The van der Waals surface area contributed by atoms with Crippen LogP contribution < -0.4 is 5.73 Å². The molecule has 23 heavy (non-hydrogen) atoms. The molecule has 0 spiro atoms. The highest BCUT2D eigenvalue weighted by Gasteiger charge is 2.24. The Morgan fingerprint density at radius 3 is 2.35 bits per heavy atom. The number of hydrogen-bond acceptors (Lipinski definition) is 5. The second kappa shape index (κ2) is 9.10. The van der Waals surface area contributed by atoms with Crippen molar-refractivity contribution in [3.8, 4) is 0 Å². The van der Waals surface area contributed by atoms with Crippen molar-refractivity contribution in [3.05, 3.63) is 34.4 Å². The van der Waals surface area contributed by atoms with Crippen LogP contribution in [0.2, 0.25) is 0 Å². The number of amides is 1. The molecular weight excluding hydrogens is 338 g/mol. The van der Waals surface area contributed by atoms with Gasteiger partial charge in [0, 0.05) is 30.6 Å². The minimum Gasteiger partial charge on any atom is -0.344 e. The van der Waals surface area contributed by atoms with Crippen molar-refractivity contribution >= 4 is 35.8 Å². The number of nitro benzene ring substituents is 1. The van der Waals surface area contributed by atoms with E-state index in [1.165, 1.54) is 23.9 Å². The van der Waals surface area contributed by atoms with Gasteiger partial charge in [0.15, 0.2) is 0 Å². The number of nitro groups is 1. The summed E-state index contributed by atoms with van der Waals surface area (Å²) in [6.07, 6.45) is 0. The van der Waals surface area contributed by atoms with Gasteiger partial charge >= 0.3 is 0 Å². The van der Waals surface area contributed by atoms with Crippen molar-refractivity contribution < 1.29 is 9.72 Å². The van der Waals surface area contributed by atoms with Gasteiger partial charge in [0.05, 0.1) is 10.2 Å². The van der Waals surface area contributed by atoms with Gasteiger partial charge in [0.2, 0.25) is 5.91 Å². The van der Waals surface area contributed by atoms with Crippen molar-refractivity contribution in [1.82, 2.24) is 4.90 Å². The molecule has 1 rings (SSSR count). The van der Waals surface area contributed by atoms with Crippen LogP contribution in [0.5, 0.6) is 0 Å². The standard InChI is InChI=1S/C15H23N3O3S.ClH/c1-11(14(19)17(4)10-15(2,3)9-16)22-13-7-5-12(6-8-13)18(20)21;/h5-8,11H,9-10,16H2,1-4H3;1H. The number of halogens is 1. The Kier molecular flexibility index (Phi) is 8.58. The lowest BCUT2D eigenvalue weighted by Gasteiger charge is -2.30. The molecule has 0 aliphatic heterocycles. The lowest BCUT2D eigenvalue weighted by molar-refractivity contribution is -0.384. The lowest BCUT2D eigenvalue weighted by Crippen LogP contribution is -2.42. The van der Waals surface area contributed by atoms with E-state index in [1.807, 2.05) is 20.8 Å². The molecule has 0 heterocycles. The largest absolute Gasteiger partial charge is 0.344 e. The molecule has 1 amide bonds. The van der Waals surface area contributed by atoms with Crippen molar-refractivity contribution in [2.24, 2.45) is 11.1 Å². The summed E-state index contributed by atoms with van der Waals surface area (Å²) in [5, 5.41) is 10.4. The Morgan fingerprint density at radius 1 is 1.39 bits per heavy atom. The molecule has 0 saturated carbocycles. The van der Waals surface area contributed by atoms with Gasteiger partial charge in [-0.15, -0.1) is 24.2 Å². The first-order valence-electron chi connectivity index (χ1n) is 7.02. The number of benzene rings is 1. The predicted octanol–water partition coefficient (Wildman–Crippen LogP) is 2.94. The first-order valence-corrected chi connectivity index (χ1v) is 7.90. The van der Waals surface area contributed by atoms with Crippen LogP contribution in [0.1, 0.15) is 20.8 Å². The fourth-order valence-electron chi connectivity index (χ4n) is 2.00. The zero-order valence-electron chi connectivity index (χ0n) is 13.8. The SMILES string of the molecule is CC(Sc1ccc([N+](=O)[O-])cc1)C(=O)N(C)CC(C)(C)CN.Cl. The van der Waals surface area contributed by atoms with Crippen LogP contribution >= 0.6 is 24.2 Å². The van der Waals surface area contributed by atoms with Crippen molar-refractivity contribution in [1.29, 1.82) is 0 Å². The number of thioether (sulfide) groups is 1. The molecule has 130 valence electrons. The third-order valence-electron chi connectivity index (χ3n) is 3.30. The van der Waals surface area contributed by atoms with Crippen molar-refractivity contribution in [3.63, 3.8) is 0 Å². The average Bonchev–Trinajstić information content (AvgIpc) is 2.46. The molecule has 1 unspecified atom stereocenters. The molecule has 0 aliphatic rings. The maximum absolute atomic E-state index is 12.4. The van der Waals surface area contributed by atoms with E-state index in [1.54, 1.807) is 24.1 Å². The number of hydrogen-bond donors (Lipinski definition) is 1. The van der Waals surface area contributed by atoms with E-state index >= 15 is 0 Å². The Bertz CT molecular complexity index is 537. The smallest absolute Gasteiger partial charge is 0.269 e. The van der Waals surface area contributed by atoms with Gasteiger partial charge in [0.1, 0.15) is 0 Å². The van der Waals surface area contributed by atoms with Crippen molar-refractivity contribution in [2.45, 2.75) is 30.9 Å². The lowest BCUT2D eigenvalue weighted by atomic mass is 9.93. The predicted molar refractivity (Wildman–Crippen MR) is 96.1 cm³/mol. The second-order valence-electron chi connectivity index (χ2n) is 6.07. The van der Waals surface area contributed by atoms with E-state index < -0.39 is 4.92 Å². The summed E-state index contributed by atoms with van der Waals surface area (Å²) in [5.74, 6) is 0.0184. The Morgan fingerprint density at radius 2 is 1.91 bits per heavy atom. The van der Waals surface area contributed by atoms with Crippen LogP contribution in [-0.2, 0) is 4.79 Å². The molecule has 0 radical (unpaired) electrons. The molecule has 2 N–H and O–H groups in total. The molecule has 0 aromatic heterocycles. The molecular formula is C15H24ClN3O3S. The van der Waals surface area contributed by atoms with E-state index in [-0.39, 0.29) is 34.7 Å². The first kappa shape index (κ1) is 21.7. The summed E-state index contributed by atoms with van der Waals surface area (Å²) >= 11 is 1.39. The number of rotatable bonds is 7. The van der Waals surface area contributed by atoms with Gasteiger partial charge in [-0.2, -0.15) is 0 Å². The van der Waals surface area contributed by atoms with Crippen LogP contribution in [-0.4, -0.2) is 41.1 Å². The fourth-order valence-corrected chi connectivity index (χ4v) is 2.98. The van der Waals surface area contributed by atoms with Gasteiger partial charge in [0.25, 0.3) is 5.69 Å². The first-order chi connectivity index (χ1) is 10.2. The quantitative estimate of drug-likeness (QED) is 0.458. The number of non-ortho nitro benzene ring substituents is 1. The summed E-state index contributed by atoms with van der Waals surface area (Å²) in [7, 11) is 1.77. The van der Waals surface area contributed by atoms with Gasteiger partial charge in [-0.3, -0.25) is 14.9 Å². The highest BCUT2D eigenvalue weighted by molar-refractivity contribution is 8.00. The molecule has 6 nitrogen and oxygen atoms in total. The monoisotopic (exact) mass is 361 g/mol. The zero-order chi connectivity index (χ0) is 16.9. The van der Waals surface area contributed by atoms with Gasteiger partial charge < -0.3 is 10.6 Å². The second-order valence-corrected chi connectivity index (χ2v) is 7.49. The Hall–Kier alpha value is -1.31. The zero-order valence-corrected chi connectivity index (χ0v) is 15.4. The summed E-state index contributed by atoms with van der Waals surface area (Å²) < 4.78 is 0. The summed E-state index contributed by atoms with van der Waals surface area (Å²) in [6, 6.07) is 6.22. The van der Waals surface area contributed by atoms with Crippen LogP contribution in [0.25, 0.3) is 0 Å². The van der Waals surface area contributed by atoms with Crippen LogP contribution in [0.15, 0.2) is 29.2 Å². The van der Waals surface area contributed by atoms with E-state index in [4.69, 9.17) is 5.73 Å². The molecule has 8 heteroatoms. The molecule has 0 saturated heterocycles. The van der Waals surface area contributed by atoms with Crippen LogP contribution in [0.3, 0.4) is 0 Å². The Labute approximate surface area is 147 Å². The van der Waals surface area contributed by atoms with E-state index in [9.17, 15) is 14.9 Å². The van der Waals surface area contributed by atoms with Gasteiger partial charge in [-0.1, -0.05) is 13.8 Å². The average molecular weight is 362 g/mol. The van der Waals surface area contributed by atoms with Crippen LogP contribution in [0.4, 0.5) is 5.69 Å². The highest BCUT2D eigenvalue weighted by Crippen LogP contribution is 2.27. The minimum atomic E-state index is -0.439.